The van der Waals surface area contributed by atoms with Crippen molar-refractivity contribution in [1.29, 1.82) is 0 Å². The summed E-state index contributed by atoms with van der Waals surface area (Å²) in [6.07, 6.45) is 6.97. The van der Waals surface area contributed by atoms with Crippen LogP contribution in [0.4, 0.5) is 5.69 Å². The predicted molar refractivity (Wildman–Crippen MR) is 85.8 cm³/mol. The maximum atomic E-state index is 6.14. The Labute approximate surface area is 119 Å². The highest BCUT2D eigenvalue weighted by molar-refractivity contribution is 6.09. The van der Waals surface area contributed by atoms with Crippen molar-refractivity contribution >= 4 is 27.5 Å². The molecule has 0 atom stereocenters. The summed E-state index contributed by atoms with van der Waals surface area (Å²) >= 11 is 0. The van der Waals surface area contributed by atoms with Gasteiger partial charge in [0.1, 0.15) is 5.52 Å². The van der Waals surface area contributed by atoms with E-state index in [1.165, 1.54) is 42.0 Å². The maximum absolute atomic E-state index is 6.14. The van der Waals surface area contributed by atoms with Crippen molar-refractivity contribution in [2.24, 2.45) is 0 Å². The topological polar surface area (TPSA) is 43.8 Å². The van der Waals surface area contributed by atoms with Gasteiger partial charge >= 0.3 is 0 Å². The molecule has 3 aromatic rings. The molecule has 0 spiro atoms. The molecule has 1 aromatic heterocycles. The number of nitrogens with zero attached hydrogens (tertiary/aromatic N) is 2. The summed E-state index contributed by atoms with van der Waals surface area (Å²) in [5.41, 5.74) is 9.01. The SMILES string of the molecule is CCCCCCn1cnc2c(N)cc3ccccc3c21. The monoisotopic (exact) mass is 267 g/mol. The van der Waals surface area contributed by atoms with Crippen LogP contribution in [0.25, 0.3) is 21.8 Å². The number of fused-ring (bicyclic) bond motifs is 3. The molecular formula is C17H21N3. The normalized spacial score (nSPS) is 11.4. The number of aromatic nitrogens is 2. The molecule has 0 radical (unpaired) electrons. The Bertz CT molecular complexity index is 728. The van der Waals surface area contributed by atoms with Gasteiger partial charge in [0, 0.05) is 11.9 Å². The Kier molecular flexibility index (Phi) is 3.59. The molecule has 1 heterocycles. The highest BCUT2D eigenvalue weighted by Crippen LogP contribution is 2.29. The Morgan fingerprint density at radius 2 is 2.00 bits per heavy atom. The van der Waals surface area contributed by atoms with Gasteiger partial charge in [-0.05, 0) is 17.9 Å². The van der Waals surface area contributed by atoms with Gasteiger partial charge in [-0.25, -0.2) is 4.98 Å². The lowest BCUT2D eigenvalue weighted by molar-refractivity contribution is 0.592. The third-order valence-corrected chi connectivity index (χ3v) is 3.89. The fourth-order valence-corrected chi connectivity index (χ4v) is 2.83. The molecular weight excluding hydrogens is 246 g/mol. The minimum absolute atomic E-state index is 0.769. The molecule has 3 nitrogen and oxygen atoms in total. The number of nitrogens with two attached hydrogens (primary N) is 1. The first-order chi connectivity index (χ1) is 9.81. The zero-order valence-electron chi connectivity index (χ0n) is 12.0. The van der Waals surface area contributed by atoms with Gasteiger partial charge < -0.3 is 10.3 Å². The lowest BCUT2D eigenvalue weighted by atomic mass is 10.1. The van der Waals surface area contributed by atoms with Crippen LogP contribution >= 0.6 is 0 Å². The van der Waals surface area contributed by atoms with E-state index in [1.54, 1.807) is 0 Å². The molecule has 0 aliphatic heterocycles. The zero-order chi connectivity index (χ0) is 13.9. The van der Waals surface area contributed by atoms with Crippen molar-refractivity contribution in [3.05, 3.63) is 36.7 Å². The van der Waals surface area contributed by atoms with Gasteiger partial charge in [-0.1, -0.05) is 50.5 Å². The predicted octanol–water partition coefficient (Wildman–Crippen LogP) is 4.35. The van der Waals surface area contributed by atoms with Crippen LogP contribution in [0.2, 0.25) is 0 Å². The van der Waals surface area contributed by atoms with E-state index in [-0.39, 0.29) is 0 Å². The standard InChI is InChI=1S/C17H21N3/c1-2-3-4-7-10-20-12-19-16-15(18)11-13-8-5-6-9-14(13)17(16)20/h5-6,8-9,11-12H,2-4,7,10,18H2,1H3. The minimum atomic E-state index is 0.769. The van der Waals surface area contributed by atoms with Gasteiger partial charge in [-0.15, -0.1) is 0 Å². The van der Waals surface area contributed by atoms with Crippen LogP contribution in [0.3, 0.4) is 0 Å². The first-order valence-corrected chi connectivity index (χ1v) is 7.43. The van der Waals surface area contributed by atoms with E-state index in [0.717, 1.165) is 17.7 Å². The zero-order valence-corrected chi connectivity index (χ0v) is 12.0. The molecule has 0 unspecified atom stereocenters. The average Bonchev–Trinajstić information content (AvgIpc) is 2.89. The number of benzene rings is 2. The number of anilines is 1. The fraction of sp³-hybridized carbons (Fsp3) is 0.353. The summed E-state index contributed by atoms with van der Waals surface area (Å²) < 4.78 is 2.25. The molecule has 2 aromatic carbocycles. The molecule has 0 bridgehead atoms. The molecule has 104 valence electrons. The third kappa shape index (κ3) is 2.24. The van der Waals surface area contributed by atoms with Crippen LogP contribution in [0.1, 0.15) is 32.6 Å². The van der Waals surface area contributed by atoms with Crippen molar-refractivity contribution in [3.63, 3.8) is 0 Å². The first kappa shape index (κ1) is 13.0. The average molecular weight is 267 g/mol. The van der Waals surface area contributed by atoms with Crippen LogP contribution in [0.5, 0.6) is 0 Å². The second-order valence-electron chi connectivity index (χ2n) is 5.38. The number of nitrogen functional groups attached to an aromatic ring is 1. The van der Waals surface area contributed by atoms with E-state index in [2.05, 4.69) is 40.7 Å². The molecule has 0 fully saturated rings. The summed E-state index contributed by atoms with van der Waals surface area (Å²) in [5.74, 6) is 0. The van der Waals surface area contributed by atoms with Gasteiger partial charge in [0.05, 0.1) is 17.5 Å². The highest BCUT2D eigenvalue weighted by atomic mass is 15.0. The summed E-state index contributed by atoms with van der Waals surface area (Å²) in [4.78, 5) is 4.51. The second kappa shape index (κ2) is 5.53. The summed E-state index contributed by atoms with van der Waals surface area (Å²) in [6.45, 7) is 3.25. The van der Waals surface area contributed by atoms with Crippen molar-refractivity contribution < 1.29 is 0 Å². The molecule has 3 heteroatoms. The van der Waals surface area contributed by atoms with Crippen LogP contribution in [-0.2, 0) is 6.54 Å². The van der Waals surface area contributed by atoms with Gasteiger partial charge in [-0.3, -0.25) is 0 Å². The second-order valence-corrected chi connectivity index (χ2v) is 5.38. The molecule has 3 rings (SSSR count). The Morgan fingerprint density at radius 3 is 2.85 bits per heavy atom. The molecule has 0 saturated heterocycles. The maximum Gasteiger partial charge on any atom is 0.112 e. The fourth-order valence-electron chi connectivity index (χ4n) is 2.83. The van der Waals surface area contributed by atoms with Gasteiger partial charge in [0.25, 0.3) is 0 Å². The largest absolute Gasteiger partial charge is 0.397 e. The van der Waals surface area contributed by atoms with E-state index in [4.69, 9.17) is 5.73 Å². The Balaban J connectivity index is 2.05. The molecule has 0 aliphatic carbocycles. The quantitative estimate of drug-likeness (QED) is 0.551. The molecule has 0 aliphatic rings. The summed E-state index contributed by atoms with van der Waals surface area (Å²) in [7, 11) is 0. The Morgan fingerprint density at radius 1 is 1.15 bits per heavy atom. The minimum Gasteiger partial charge on any atom is -0.397 e. The van der Waals surface area contributed by atoms with Gasteiger partial charge in [0.15, 0.2) is 0 Å². The van der Waals surface area contributed by atoms with E-state index < -0.39 is 0 Å². The van der Waals surface area contributed by atoms with Crippen molar-refractivity contribution in [2.75, 3.05) is 5.73 Å². The van der Waals surface area contributed by atoms with Crippen molar-refractivity contribution in [3.8, 4) is 0 Å². The first-order valence-electron chi connectivity index (χ1n) is 7.43. The lowest BCUT2D eigenvalue weighted by Crippen LogP contribution is -1.97. The molecule has 20 heavy (non-hydrogen) atoms. The Hall–Kier alpha value is -2.03. The molecule has 2 N–H and O–H groups in total. The molecule has 0 saturated carbocycles. The van der Waals surface area contributed by atoms with Crippen LogP contribution in [-0.4, -0.2) is 9.55 Å². The molecule has 0 amide bonds. The van der Waals surface area contributed by atoms with Gasteiger partial charge in [0.2, 0.25) is 0 Å². The highest BCUT2D eigenvalue weighted by Gasteiger charge is 2.10. The van der Waals surface area contributed by atoms with E-state index in [0.29, 0.717) is 0 Å². The number of hydrogen-bond acceptors (Lipinski definition) is 2. The van der Waals surface area contributed by atoms with Crippen LogP contribution in [0, 0.1) is 0 Å². The van der Waals surface area contributed by atoms with Gasteiger partial charge in [-0.2, -0.15) is 0 Å². The summed E-state index contributed by atoms with van der Waals surface area (Å²) in [6, 6.07) is 10.4. The van der Waals surface area contributed by atoms with Crippen molar-refractivity contribution in [2.45, 2.75) is 39.2 Å². The van der Waals surface area contributed by atoms with E-state index in [9.17, 15) is 0 Å². The lowest BCUT2D eigenvalue weighted by Gasteiger charge is -2.08. The van der Waals surface area contributed by atoms with E-state index in [1.807, 2.05) is 12.4 Å². The van der Waals surface area contributed by atoms with E-state index >= 15 is 0 Å². The smallest absolute Gasteiger partial charge is 0.112 e. The van der Waals surface area contributed by atoms with Crippen molar-refractivity contribution in [1.82, 2.24) is 9.55 Å². The number of rotatable bonds is 5. The third-order valence-electron chi connectivity index (χ3n) is 3.89. The number of unbranched alkanes of at least 4 members (excludes halogenated alkanes) is 3. The number of hydrogen-bond donors (Lipinski definition) is 1. The summed E-state index contributed by atoms with van der Waals surface area (Å²) in [5, 5.41) is 2.43. The number of aryl methyl sites for hydroxylation is 1. The number of imidazole rings is 1. The van der Waals surface area contributed by atoms with Crippen LogP contribution in [0.15, 0.2) is 36.7 Å². The van der Waals surface area contributed by atoms with Crippen LogP contribution < -0.4 is 5.73 Å².